The van der Waals surface area contributed by atoms with Gasteiger partial charge in [0.25, 0.3) is 0 Å². The second kappa shape index (κ2) is 9.77. The Morgan fingerprint density at radius 3 is 2.56 bits per heavy atom. The Labute approximate surface area is 190 Å². The second-order valence-corrected chi connectivity index (χ2v) is 11.2. The first-order chi connectivity index (χ1) is 15.4. The van der Waals surface area contributed by atoms with Crippen LogP contribution in [0.2, 0.25) is 0 Å². The third-order valence-corrected chi connectivity index (χ3v) is 8.13. The number of aromatic nitrogens is 3. The van der Waals surface area contributed by atoms with Crippen molar-refractivity contribution in [2.24, 2.45) is 17.8 Å². The van der Waals surface area contributed by atoms with E-state index in [0.29, 0.717) is 30.3 Å². The van der Waals surface area contributed by atoms with E-state index < -0.39 is 9.84 Å². The summed E-state index contributed by atoms with van der Waals surface area (Å²) in [6.07, 6.45) is 9.20. The predicted octanol–water partition coefficient (Wildman–Crippen LogP) is 4.09. The molecule has 3 heterocycles. The SMILES string of the molecule is CCC(CC)c1nnc(N2CCC([C@H]3C[C@H]3CCOc3ccc(S(C)(=O)=O)cn3)CC2)o1. The quantitative estimate of drug-likeness (QED) is 0.521. The van der Waals surface area contributed by atoms with Gasteiger partial charge in [-0.1, -0.05) is 18.9 Å². The van der Waals surface area contributed by atoms with Crippen LogP contribution in [0.5, 0.6) is 5.88 Å². The number of ether oxygens (including phenoxy) is 1. The van der Waals surface area contributed by atoms with Gasteiger partial charge in [-0.05, 0) is 62.3 Å². The molecule has 0 radical (unpaired) electrons. The summed E-state index contributed by atoms with van der Waals surface area (Å²) in [6.45, 7) is 6.89. The van der Waals surface area contributed by atoms with Crippen molar-refractivity contribution in [1.29, 1.82) is 0 Å². The maximum absolute atomic E-state index is 11.5. The number of hydrogen-bond acceptors (Lipinski definition) is 8. The molecule has 1 saturated carbocycles. The molecular formula is C23H34N4O4S. The molecule has 2 fully saturated rings. The Balaban J connectivity index is 1.18. The molecule has 9 heteroatoms. The van der Waals surface area contributed by atoms with E-state index in [0.717, 1.165) is 50.1 Å². The van der Waals surface area contributed by atoms with Gasteiger partial charge >= 0.3 is 6.01 Å². The lowest BCUT2D eigenvalue weighted by Gasteiger charge is -2.31. The highest BCUT2D eigenvalue weighted by molar-refractivity contribution is 7.90. The normalized spacial score (nSPS) is 21.8. The van der Waals surface area contributed by atoms with Crippen molar-refractivity contribution in [1.82, 2.24) is 15.2 Å². The third-order valence-electron chi connectivity index (χ3n) is 7.03. The Bertz CT molecular complexity index is 980. The highest BCUT2D eigenvalue weighted by atomic mass is 32.2. The first-order valence-electron chi connectivity index (χ1n) is 11.8. The van der Waals surface area contributed by atoms with E-state index in [1.807, 2.05) is 0 Å². The largest absolute Gasteiger partial charge is 0.478 e. The van der Waals surface area contributed by atoms with Crippen LogP contribution in [0, 0.1) is 17.8 Å². The summed E-state index contributed by atoms with van der Waals surface area (Å²) in [7, 11) is -3.23. The Morgan fingerprint density at radius 1 is 1.19 bits per heavy atom. The molecule has 0 bridgehead atoms. The average Bonchev–Trinajstić information content (AvgIpc) is 3.39. The Kier molecular flexibility index (Phi) is 7.02. The van der Waals surface area contributed by atoms with Gasteiger partial charge < -0.3 is 14.1 Å². The van der Waals surface area contributed by atoms with Gasteiger partial charge in [0.15, 0.2) is 9.84 Å². The molecule has 0 spiro atoms. The zero-order valence-electron chi connectivity index (χ0n) is 19.2. The third kappa shape index (κ3) is 5.42. The fraction of sp³-hybridized carbons (Fsp3) is 0.696. The minimum absolute atomic E-state index is 0.214. The highest BCUT2D eigenvalue weighted by Crippen LogP contribution is 2.50. The van der Waals surface area contributed by atoms with Crippen LogP contribution in [0.15, 0.2) is 27.6 Å². The first-order valence-corrected chi connectivity index (χ1v) is 13.6. The zero-order valence-corrected chi connectivity index (χ0v) is 20.1. The van der Waals surface area contributed by atoms with Crippen LogP contribution in [0.25, 0.3) is 0 Å². The van der Waals surface area contributed by atoms with E-state index in [1.165, 1.54) is 31.7 Å². The van der Waals surface area contributed by atoms with E-state index in [1.54, 1.807) is 12.1 Å². The number of sulfone groups is 1. The van der Waals surface area contributed by atoms with Crippen molar-refractivity contribution in [3.63, 3.8) is 0 Å². The number of hydrogen-bond donors (Lipinski definition) is 0. The van der Waals surface area contributed by atoms with Gasteiger partial charge in [-0.15, -0.1) is 5.10 Å². The lowest BCUT2D eigenvalue weighted by Crippen LogP contribution is -2.34. The molecule has 32 heavy (non-hydrogen) atoms. The van der Waals surface area contributed by atoms with Gasteiger partial charge in [0, 0.05) is 37.5 Å². The summed E-state index contributed by atoms with van der Waals surface area (Å²) in [5, 5.41) is 8.58. The first kappa shape index (κ1) is 23.0. The maximum atomic E-state index is 11.5. The van der Waals surface area contributed by atoms with Gasteiger partial charge in [-0.2, -0.15) is 0 Å². The van der Waals surface area contributed by atoms with Crippen molar-refractivity contribution < 1.29 is 17.6 Å². The molecule has 2 aliphatic rings. The molecule has 2 aromatic heterocycles. The van der Waals surface area contributed by atoms with Gasteiger partial charge in [0.1, 0.15) is 0 Å². The lowest BCUT2D eigenvalue weighted by atomic mass is 9.91. The van der Waals surface area contributed by atoms with Crippen molar-refractivity contribution in [3.05, 3.63) is 24.2 Å². The van der Waals surface area contributed by atoms with Gasteiger partial charge in [-0.25, -0.2) is 13.4 Å². The summed E-state index contributed by atoms with van der Waals surface area (Å²) in [5.41, 5.74) is 0. The molecule has 2 atom stereocenters. The smallest absolute Gasteiger partial charge is 0.318 e. The van der Waals surface area contributed by atoms with Crippen molar-refractivity contribution in [3.8, 4) is 5.88 Å². The number of pyridine rings is 1. The number of piperidine rings is 1. The summed E-state index contributed by atoms with van der Waals surface area (Å²) in [6, 6.07) is 3.85. The molecule has 1 saturated heterocycles. The molecule has 0 amide bonds. The molecule has 0 N–H and O–H groups in total. The monoisotopic (exact) mass is 462 g/mol. The molecule has 176 valence electrons. The molecule has 8 nitrogen and oxygen atoms in total. The molecule has 2 aromatic rings. The molecular weight excluding hydrogens is 428 g/mol. The number of nitrogens with zero attached hydrogens (tertiary/aromatic N) is 4. The minimum atomic E-state index is -3.23. The molecule has 1 aliphatic heterocycles. The van der Waals surface area contributed by atoms with Gasteiger partial charge in [-0.3, -0.25) is 0 Å². The second-order valence-electron chi connectivity index (χ2n) is 9.16. The van der Waals surface area contributed by atoms with Crippen LogP contribution in [-0.2, 0) is 9.84 Å². The van der Waals surface area contributed by atoms with Gasteiger partial charge in [0.2, 0.25) is 11.8 Å². The van der Waals surface area contributed by atoms with Crippen molar-refractivity contribution >= 4 is 15.9 Å². The standard InChI is InChI=1S/C23H34N4O4S/c1-4-16(5-2)22-25-26-23(31-22)27-11-8-17(9-12-27)20-14-18(20)10-13-30-21-7-6-19(15-24-21)32(3,28)29/h6-7,15-18,20H,4-5,8-14H2,1-3H3/t18-,20-/m1/s1. The topological polar surface area (TPSA) is 98.4 Å². The fourth-order valence-electron chi connectivity index (χ4n) is 4.84. The van der Waals surface area contributed by atoms with Crippen LogP contribution in [0.4, 0.5) is 6.01 Å². The summed E-state index contributed by atoms with van der Waals surface area (Å²) in [5.74, 6) is 3.86. The van der Waals surface area contributed by atoms with E-state index in [-0.39, 0.29) is 4.90 Å². The summed E-state index contributed by atoms with van der Waals surface area (Å²) in [4.78, 5) is 6.56. The highest BCUT2D eigenvalue weighted by Gasteiger charge is 2.43. The summed E-state index contributed by atoms with van der Waals surface area (Å²) < 4.78 is 34.7. The molecule has 1 aliphatic carbocycles. The fourth-order valence-corrected chi connectivity index (χ4v) is 5.40. The Hall–Kier alpha value is -2.16. The van der Waals surface area contributed by atoms with Gasteiger partial charge in [0.05, 0.1) is 11.5 Å². The van der Waals surface area contributed by atoms with E-state index in [4.69, 9.17) is 9.15 Å². The number of anilines is 1. The zero-order chi connectivity index (χ0) is 22.7. The van der Waals surface area contributed by atoms with E-state index in [9.17, 15) is 8.42 Å². The Morgan fingerprint density at radius 2 is 1.94 bits per heavy atom. The predicted molar refractivity (Wildman–Crippen MR) is 122 cm³/mol. The summed E-state index contributed by atoms with van der Waals surface area (Å²) >= 11 is 0. The molecule has 4 rings (SSSR count). The van der Waals surface area contributed by atoms with Crippen LogP contribution in [-0.4, -0.2) is 49.6 Å². The number of rotatable bonds is 10. The molecule has 0 unspecified atom stereocenters. The maximum Gasteiger partial charge on any atom is 0.318 e. The molecule has 0 aromatic carbocycles. The average molecular weight is 463 g/mol. The van der Waals surface area contributed by atoms with Crippen LogP contribution >= 0.6 is 0 Å². The van der Waals surface area contributed by atoms with Crippen molar-refractivity contribution in [2.45, 2.75) is 63.2 Å². The van der Waals surface area contributed by atoms with Crippen LogP contribution in [0.1, 0.15) is 64.2 Å². The lowest BCUT2D eigenvalue weighted by molar-refractivity contribution is 0.275. The van der Waals surface area contributed by atoms with E-state index >= 15 is 0 Å². The minimum Gasteiger partial charge on any atom is -0.478 e. The van der Waals surface area contributed by atoms with Crippen LogP contribution in [0.3, 0.4) is 0 Å². The van der Waals surface area contributed by atoms with Crippen molar-refractivity contribution in [2.75, 3.05) is 30.9 Å². The van der Waals surface area contributed by atoms with Crippen LogP contribution < -0.4 is 9.64 Å². The van der Waals surface area contributed by atoms with E-state index in [2.05, 4.69) is 33.9 Å².